The molecule has 3 heterocycles. The van der Waals surface area contributed by atoms with Crippen LogP contribution in [-0.2, 0) is 4.79 Å². The molecule has 9 heteroatoms. The van der Waals surface area contributed by atoms with Crippen LogP contribution in [0, 0.1) is 0 Å². The largest absolute Gasteiger partial charge is 0.351 e. The van der Waals surface area contributed by atoms with Gasteiger partial charge in [-0.15, -0.1) is 11.3 Å². The third-order valence-electron chi connectivity index (χ3n) is 6.27. The SMILES string of the molecule is O=C(NCC(C(=O)Nc1nccs1)c1ccccc1)c1ccc2nc(-c3cc4ccccc4cn3)[nH]c2c1. The van der Waals surface area contributed by atoms with Gasteiger partial charge in [0.15, 0.2) is 11.0 Å². The number of fused-ring (bicyclic) bond motifs is 2. The summed E-state index contributed by atoms with van der Waals surface area (Å²) in [6, 6.07) is 24.7. The summed E-state index contributed by atoms with van der Waals surface area (Å²) in [7, 11) is 0. The molecule has 3 N–H and O–H groups in total. The smallest absolute Gasteiger partial charge is 0.251 e. The van der Waals surface area contributed by atoms with Gasteiger partial charge in [0, 0.05) is 35.3 Å². The van der Waals surface area contributed by atoms with E-state index in [0.717, 1.165) is 33.1 Å². The minimum absolute atomic E-state index is 0.132. The zero-order chi connectivity index (χ0) is 25.9. The standard InChI is InChI=1S/C29H22N6O2S/c36-27(32-17-22(18-6-2-1-3-7-18)28(37)35-29-30-12-13-38-29)20-10-11-23-24(15-20)34-26(33-23)25-14-19-8-4-5-9-21(19)16-31-25/h1-16,22H,17H2,(H,32,36)(H,33,34)(H,30,35,37). The summed E-state index contributed by atoms with van der Waals surface area (Å²) in [5, 5.41) is 10.2. The molecule has 0 aliphatic heterocycles. The van der Waals surface area contributed by atoms with Crippen molar-refractivity contribution in [2.45, 2.75) is 5.92 Å². The van der Waals surface area contributed by atoms with Crippen molar-refractivity contribution in [3.05, 3.63) is 108 Å². The number of hydrogen-bond acceptors (Lipinski definition) is 6. The number of aromatic amines is 1. The van der Waals surface area contributed by atoms with Crippen LogP contribution >= 0.6 is 11.3 Å². The molecule has 0 aliphatic rings. The fraction of sp³-hybridized carbons (Fsp3) is 0.0690. The Bertz CT molecular complexity index is 1750. The van der Waals surface area contributed by atoms with Crippen molar-refractivity contribution in [3.8, 4) is 11.5 Å². The van der Waals surface area contributed by atoms with Crippen molar-refractivity contribution < 1.29 is 9.59 Å². The molecule has 0 aliphatic carbocycles. The second-order valence-corrected chi connectivity index (χ2v) is 9.63. The van der Waals surface area contributed by atoms with Gasteiger partial charge in [0.1, 0.15) is 5.69 Å². The van der Waals surface area contributed by atoms with Crippen LogP contribution < -0.4 is 10.6 Å². The van der Waals surface area contributed by atoms with Crippen molar-refractivity contribution in [1.29, 1.82) is 0 Å². The third kappa shape index (κ3) is 4.87. The average molecular weight is 519 g/mol. The second-order valence-electron chi connectivity index (χ2n) is 8.73. The van der Waals surface area contributed by atoms with Crippen LogP contribution in [0.1, 0.15) is 21.8 Å². The van der Waals surface area contributed by atoms with Gasteiger partial charge in [-0.25, -0.2) is 9.97 Å². The highest BCUT2D eigenvalue weighted by molar-refractivity contribution is 7.13. The first-order valence-corrected chi connectivity index (χ1v) is 12.9. The first-order valence-electron chi connectivity index (χ1n) is 12.0. The predicted molar refractivity (Wildman–Crippen MR) is 149 cm³/mol. The number of H-pyrrole nitrogens is 1. The average Bonchev–Trinajstić information content (AvgIpc) is 3.63. The Labute approximate surface area is 221 Å². The first-order chi connectivity index (χ1) is 18.6. The molecule has 8 nitrogen and oxygen atoms in total. The minimum Gasteiger partial charge on any atom is -0.351 e. The van der Waals surface area contributed by atoms with Gasteiger partial charge in [-0.3, -0.25) is 14.6 Å². The van der Waals surface area contributed by atoms with E-state index < -0.39 is 5.92 Å². The summed E-state index contributed by atoms with van der Waals surface area (Å²) in [4.78, 5) is 42.7. The van der Waals surface area contributed by atoms with Crippen LogP contribution in [0.25, 0.3) is 33.3 Å². The number of nitrogens with zero attached hydrogens (tertiary/aromatic N) is 3. The number of aromatic nitrogens is 4. The van der Waals surface area contributed by atoms with E-state index in [-0.39, 0.29) is 18.4 Å². The normalized spacial score (nSPS) is 11.9. The maximum absolute atomic E-state index is 13.1. The molecular weight excluding hydrogens is 496 g/mol. The molecule has 0 spiro atoms. The van der Waals surface area contributed by atoms with Gasteiger partial charge in [-0.05, 0) is 35.2 Å². The molecule has 3 aromatic carbocycles. The molecule has 6 aromatic rings. The lowest BCUT2D eigenvalue weighted by Crippen LogP contribution is -2.34. The van der Waals surface area contributed by atoms with Crippen LogP contribution in [0.2, 0.25) is 0 Å². The summed E-state index contributed by atoms with van der Waals surface area (Å²) < 4.78 is 0. The number of benzene rings is 3. The Morgan fingerprint density at radius 3 is 2.55 bits per heavy atom. The zero-order valence-corrected chi connectivity index (χ0v) is 20.9. The topological polar surface area (TPSA) is 113 Å². The summed E-state index contributed by atoms with van der Waals surface area (Å²) in [6.45, 7) is 0.132. The molecule has 186 valence electrons. The minimum atomic E-state index is -0.578. The Balaban J connectivity index is 1.20. The quantitative estimate of drug-likeness (QED) is 0.262. The van der Waals surface area contributed by atoms with Gasteiger partial charge in [0.05, 0.1) is 17.0 Å². The van der Waals surface area contributed by atoms with Crippen LogP contribution in [0.5, 0.6) is 0 Å². The fourth-order valence-corrected chi connectivity index (χ4v) is 4.84. The van der Waals surface area contributed by atoms with Crippen LogP contribution in [0.3, 0.4) is 0 Å². The summed E-state index contributed by atoms with van der Waals surface area (Å²) >= 11 is 1.34. The van der Waals surface area contributed by atoms with Crippen molar-refractivity contribution in [2.75, 3.05) is 11.9 Å². The Hall–Kier alpha value is -4.89. The number of amides is 2. The predicted octanol–water partition coefficient (Wildman–Crippen LogP) is 5.39. The highest BCUT2D eigenvalue weighted by Gasteiger charge is 2.23. The molecule has 1 atom stereocenters. The third-order valence-corrected chi connectivity index (χ3v) is 6.95. The molecule has 6 rings (SSSR count). The molecule has 38 heavy (non-hydrogen) atoms. The lowest BCUT2D eigenvalue weighted by Gasteiger charge is -2.17. The summed E-state index contributed by atoms with van der Waals surface area (Å²) in [5.41, 5.74) is 3.45. The highest BCUT2D eigenvalue weighted by Crippen LogP contribution is 2.24. The number of carbonyl (C=O) groups is 2. The first kappa shape index (κ1) is 23.5. The van der Waals surface area contributed by atoms with E-state index in [9.17, 15) is 9.59 Å². The van der Waals surface area contributed by atoms with Gasteiger partial charge in [0.2, 0.25) is 5.91 Å². The Morgan fingerprint density at radius 2 is 1.74 bits per heavy atom. The van der Waals surface area contributed by atoms with E-state index >= 15 is 0 Å². The number of pyridine rings is 1. The number of thiazole rings is 1. The number of hydrogen-bond donors (Lipinski definition) is 3. The fourth-order valence-electron chi connectivity index (χ4n) is 4.31. The van der Waals surface area contributed by atoms with Gasteiger partial charge < -0.3 is 15.6 Å². The molecule has 0 saturated heterocycles. The molecular formula is C29H22N6O2S. The van der Waals surface area contributed by atoms with Crippen LogP contribution in [-0.4, -0.2) is 38.3 Å². The number of rotatable bonds is 7. The van der Waals surface area contributed by atoms with E-state index in [2.05, 4.69) is 30.6 Å². The monoisotopic (exact) mass is 518 g/mol. The van der Waals surface area contributed by atoms with Crippen molar-refractivity contribution >= 4 is 50.1 Å². The molecule has 3 aromatic heterocycles. The number of anilines is 1. The number of imidazole rings is 1. The van der Waals surface area contributed by atoms with Gasteiger partial charge in [-0.1, -0.05) is 54.6 Å². The molecule has 0 saturated carbocycles. The number of nitrogens with one attached hydrogen (secondary N) is 3. The van der Waals surface area contributed by atoms with E-state index in [1.54, 1.807) is 29.8 Å². The maximum Gasteiger partial charge on any atom is 0.251 e. The van der Waals surface area contributed by atoms with Crippen molar-refractivity contribution in [3.63, 3.8) is 0 Å². The second kappa shape index (κ2) is 10.2. The summed E-state index contributed by atoms with van der Waals surface area (Å²) in [5.74, 6) is -0.463. The lowest BCUT2D eigenvalue weighted by molar-refractivity contribution is -0.117. The molecule has 0 bridgehead atoms. The van der Waals surface area contributed by atoms with Gasteiger partial charge >= 0.3 is 0 Å². The maximum atomic E-state index is 13.1. The molecule has 0 fully saturated rings. The van der Waals surface area contributed by atoms with Crippen LogP contribution in [0.4, 0.5) is 5.13 Å². The van der Waals surface area contributed by atoms with E-state index in [1.807, 2.05) is 66.9 Å². The zero-order valence-electron chi connectivity index (χ0n) is 20.1. The van der Waals surface area contributed by atoms with E-state index in [0.29, 0.717) is 16.5 Å². The molecule has 2 amide bonds. The highest BCUT2D eigenvalue weighted by atomic mass is 32.1. The molecule has 0 radical (unpaired) electrons. The van der Waals surface area contributed by atoms with Gasteiger partial charge in [0.25, 0.3) is 5.91 Å². The van der Waals surface area contributed by atoms with Crippen molar-refractivity contribution in [2.24, 2.45) is 0 Å². The molecule has 1 unspecified atom stereocenters. The van der Waals surface area contributed by atoms with E-state index in [4.69, 9.17) is 0 Å². The number of carbonyl (C=O) groups excluding carboxylic acids is 2. The Morgan fingerprint density at radius 1 is 0.921 bits per heavy atom. The van der Waals surface area contributed by atoms with Gasteiger partial charge in [-0.2, -0.15) is 0 Å². The van der Waals surface area contributed by atoms with E-state index in [1.165, 1.54) is 11.3 Å². The lowest BCUT2D eigenvalue weighted by atomic mass is 9.98. The van der Waals surface area contributed by atoms with Crippen molar-refractivity contribution in [1.82, 2.24) is 25.3 Å². The Kier molecular flexibility index (Phi) is 6.33. The van der Waals surface area contributed by atoms with Crippen LogP contribution in [0.15, 0.2) is 96.6 Å². The summed E-state index contributed by atoms with van der Waals surface area (Å²) in [6.07, 6.45) is 3.46.